The van der Waals surface area contributed by atoms with E-state index in [-0.39, 0.29) is 5.91 Å². The topological polar surface area (TPSA) is 79.4 Å². The average Bonchev–Trinajstić information content (AvgIpc) is 3.09. The number of amides is 1. The monoisotopic (exact) mass is 408 g/mol. The van der Waals surface area contributed by atoms with Gasteiger partial charge in [-0.05, 0) is 45.1 Å². The lowest BCUT2D eigenvalue weighted by Gasteiger charge is -2.32. The molecule has 0 unspecified atom stereocenters. The number of hydrogen-bond acceptors (Lipinski definition) is 5. The van der Waals surface area contributed by atoms with Crippen LogP contribution in [0.5, 0.6) is 0 Å². The summed E-state index contributed by atoms with van der Waals surface area (Å²) in [4.78, 5) is 22.1. The van der Waals surface area contributed by atoms with Gasteiger partial charge in [-0.3, -0.25) is 9.78 Å². The maximum absolute atomic E-state index is 13.1. The number of hydrogen-bond donors (Lipinski definition) is 2. The highest BCUT2D eigenvalue weighted by Crippen LogP contribution is 2.30. The van der Waals surface area contributed by atoms with Crippen LogP contribution in [0.3, 0.4) is 0 Å². The van der Waals surface area contributed by atoms with Gasteiger partial charge in [0.05, 0.1) is 11.2 Å². The Hall–Kier alpha value is -2.48. The molecule has 7 nitrogen and oxygen atoms in total. The Morgan fingerprint density at radius 2 is 1.90 bits per heavy atom. The third-order valence-corrected chi connectivity index (χ3v) is 6.00. The van der Waals surface area contributed by atoms with E-state index >= 15 is 0 Å². The van der Waals surface area contributed by atoms with E-state index in [0.29, 0.717) is 13.1 Å². The van der Waals surface area contributed by atoms with Gasteiger partial charge in [-0.15, -0.1) is 0 Å². The largest absolute Gasteiger partial charge is 0.339 e. The molecule has 1 amide bonds. The van der Waals surface area contributed by atoms with Crippen molar-refractivity contribution in [1.82, 2.24) is 24.7 Å². The highest BCUT2D eigenvalue weighted by Gasteiger charge is 2.22. The van der Waals surface area contributed by atoms with E-state index in [1.54, 1.807) is 0 Å². The fourth-order valence-corrected chi connectivity index (χ4v) is 4.26. The smallest absolute Gasteiger partial charge is 0.242 e. The Bertz CT molecular complexity index is 1010. The van der Waals surface area contributed by atoms with E-state index in [1.807, 2.05) is 17.2 Å². The van der Waals surface area contributed by atoms with E-state index in [9.17, 15) is 4.79 Å². The van der Waals surface area contributed by atoms with Crippen LogP contribution in [0.1, 0.15) is 18.5 Å². The van der Waals surface area contributed by atoms with E-state index in [4.69, 9.17) is 5.73 Å². The third-order valence-electron chi connectivity index (χ3n) is 6.00. The summed E-state index contributed by atoms with van der Waals surface area (Å²) < 4.78 is 2.16. The first kappa shape index (κ1) is 20.8. The number of carbonyl (C=O) groups is 1. The standard InChI is InChI=1S/C23H32N6O/c1-27-12-14-28(15-13-27)22(30)17-29-21-7-3-2-6-18(21)19-8-11-26-20(23(19)29)16-25-10-5-4-9-24/h2-3,6-8,11,25H,4-5,9-10,12-17,24H2,1H3. The van der Waals surface area contributed by atoms with Crippen molar-refractivity contribution in [2.75, 3.05) is 46.3 Å². The van der Waals surface area contributed by atoms with E-state index in [1.165, 1.54) is 5.39 Å². The lowest BCUT2D eigenvalue weighted by Crippen LogP contribution is -2.48. The number of aromatic nitrogens is 2. The van der Waals surface area contributed by atoms with Crippen molar-refractivity contribution in [3.05, 3.63) is 42.2 Å². The Labute approximate surface area is 177 Å². The summed E-state index contributed by atoms with van der Waals surface area (Å²) in [6.07, 6.45) is 3.94. The minimum Gasteiger partial charge on any atom is -0.339 e. The summed E-state index contributed by atoms with van der Waals surface area (Å²) in [6, 6.07) is 10.4. The number of fused-ring (bicyclic) bond motifs is 3. The molecule has 1 aliphatic heterocycles. The van der Waals surface area contributed by atoms with Crippen LogP contribution in [-0.2, 0) is 17.9 Å². The van der Waals surface area contributed by atoms with Crippen LogP contribution in [-0.4, -0.2) is 71.6 Å². The van der Waals surface area contributed by atoms with Gasteiger partial charge < -0.3 is 25.4 Å². The van der Waals surface area contributed by atoms with Crippen LogP contribution < -0.4 is 11.1 Å². The molecule has 1 saturated heterocycles. The summed E-state index contributed by atoms with van der Waals surface area (Å²) in [5, 5.41) is 5.82. The zero-order chi connectivity index (χ0) is 20.9. The molecule has 3 aromatic rings. The number of likely N-dealkylation sites (N-methyl/N-ethyl adjacent to an activating group) is 1. The molecule has 160 valence electrons. The number of para-hydroxylation sites is 1. The van der Waals surface area contributed by atoms with Gasteiger partial charge in [-0.2, -0.15) is 0 Å². The summed E-state index contributed by atoms with van der Waals surface area (Å²) in [5.41, 5.74) is 8.73. The number of carbonyl (C=O) groups excluding carboxylic acids is 1. The molecule has 0 radical (unpaired) electrons. The molecule has 0 saturated carbocycles. The average molecular weight is 409 g/mol. The number of nitrogens with one attached hydrogen (secondary N) is 1. The van der Waals surface area contributed by atoms with Crippen molar-refractivity contribution in [2.45, 2.75) is 25.9 Å². The van der Waals surface area contributed by atoms with Crippen molar-refractivity contribution < 1.29 is 4.79 Å². The van der Waals surface area contributed by atoms with Gasteiger partial charge in [0.2, 0.25) is 5.91 Å². The summed E-state index contributed by atoms with van der Waals surface area (Å²) in [6.45, 7) is 6.10. The van der Waals surface area contributed by atoms with Crippen molar-refractivity contribution in [3.8, 4) is 0 Å². The number of rotatable bonds is 8. The highest BCUT2D eigenvalue weighted by molar-refractivity contribution is 6.09. The summed E-state index contributed by atoms with van der Waals surface area (Å²) in [5.74, 6) is 0.177. The second-order valence-corrected chi connectivity index (χ2v) is 8.11. The minimum absolute atomic E-state index is 0.177. The first-order chi connectivity index (χ1) is 14.7. The number of nitrogens with two attached hydrogens (primary N) is 1. The first-order valence-corrected chi connectivity index (χ1v) is 10.9. The minimum atomic E-state index is 0.177. The molecule has 0 spiro atoms. The van der Waals surface area contributed by atoms with Gasteiger partial charge in [0.25, 0.3) is 0 Å². The molecule has 3 heterocycles. The van der Waals surface area contributed by atoms with Crippen molar-refractivity contribution in [2.24, 2.45) is 5.73 Å². The van der Waals surface area contributed by atoms with E-state index in [0.717, 1.165) is 74.2 Å². The van der Waals surface area contributed by atoms with Crippen LogP contribution in [0.25, 0.3) is 21.8 Å². The zero-order valence-electron chi connectivity index (χ0n) is 17.8. The summed E-state index contributed by atoms with van der Waals surface area (Å²) >= 11 is 0. The molecule has 1 aliphatic rings. The molecule has 1 aromatic carbocycles. The fraction of sp³-hybridized carbons (Fsp3) is 0.478. The highest BCUT2D eigenvalue weighted by atomic mass is 16.2. The molecule has 3 N–H and O–H groups in total. The first-order valence-electron chi connectivity index (χ1n) is 10.9. The molecular weight excluding hydrogens is 376 g/mol. The Kier molecular flexibility index (Phi) is 6.62. The number of piperazine rings is 1. The van der Waals surface area contributed by atoms with E-state index in [2.05, 4.69) is 51.1 Å². The molecule has 0 aliphatic carbocycles. The second kappa shape index (κ2) is 9.55. The van der Waals surface area contributed by atoms with E-state index < -0.39 is 0 Å². The molecule has 0 atom stereocenters. The maximum Gasteiger partial charge on any atom is 0.242 e. The fourth-order valence-electron chi connectivity index (χ4n) is 4.26. The molecule has 7 heteroatoms. The predicted octanol–water partition coefficient (Wildman–Crippen LogP) is 1.79. The Morgan fingerprint density at radius 1 is 1.10 bits per heavy atom. The van der Waals surface area contributed by atoms with Gasteiger partial charge in [0.1, 0.15) is 6.54 Å². The number of unbranched alkanes of at least 4 members (excludes halogenated alkanes) is 1. The molecule has 30 heavy (non-hydrogen) atoms. The Morgan fingerprint density at radius 3 is 2.70 bits per heavy atom. The van der Waals surface area contributed by atoms with Gasteiger partial charge in [0.15, 0.2) is 0 Å². The van der Waals surface area contributed by atoms with Gasteiger partial charge in [-0.25, -0.2) is 0 Å². The molecule has 1 fully saturated rings. The summed E-state index contributed by atoms with van der Waals surface area (Å²) in [7, 11) is 2.10. The molecular formula is C23H32N6O. The number of pyridine rings is 1. The van der Waals surface area contributed by atoms with Crippen LogP contribution >= 0.6 is 0 Å². The third kappa shape index (κ3) is 4.33. The van der Waals surface area contributed by atoms with Crippen molar-refractivity contribution in [1.29, 1.82) is 0 Å². The van der Waals surface area contributed by atoms with Crippen LogP contribution in [0.4, 0.5) is 0 Å². The van der Waals surface area contributed by atoms with Crippen molar-refractivity contribution >= 4 is 27.7 Å². The maximum atomic E-state index is 13.1. The number of nitrogens with zero attached hydrogens (tertiary/aromatic N) is 4. The SMILES string of the molecule is CN1CCN(C(=O)Cn2c3ccccc3c3ccnc(CNCCCCN)c32)CC1. The second-order valence-electron chi connectivity index (χ2n) is 8.11. The normalized spacial score (nSPS) is 15.3. The van der Waals surface area contributed by atoms with Crippen molar-refractivity contribution in [3.63, 3.8) is 0 Å². The van der Waals surface area contributed by atoms with Crippen LogP contribution in [0.15, 0.2) is 36.5 Å². The van der Waals surface area contributed by atoms with Crippen LogP contribution in [0, 0.1) is 0 Å². The zero-order valence-corrected chi connectivity index (χ0v) is 17.8. The number of benzene rings is 1. The lowest BCUT2D eigenvalue weighted by molar-refractivity contribution is -0.133. The molecule has 2 aromatic heterocycles. The quantitative estimate of drug-likeness (QED) is 0.556. The van der Waals surface area contributed by atoms with Gasteiger partial charge >= 0.3 is 0 Å². The molecule has 4 rings (SSSR count). The molecule has 0 bridgehead atoms. The van der Waals surface area contributed by atoms with Gasteiger partial charge in [0, 0.05) is 55.2 Å². The van der Waals surface area contributed by atoms with Gasteiger partial charge in [-0.1, -0.05) is 18.2 Å². The Balaban J connectivity index is 1.65. The van der Waals surface area contributed by atoms with Crippen LogP contribution in [0.2, 0.25) is 0 Å². The predicted molar refractivity (Wildman–Crippen MR) is 121 cm³/mol. The lowest BCUT2D eigenvalue weighted by atomic mass is 10.1.